The van der Waals surface area contributed by atoms with Gasteiger partial charge < -0.3 is 15.3 Å². The van der Waals surface area contributed by atoms with Crippen LogP contribution in [0.2, 0.25) is 0 Å². The Balaban J connectivity index is 1.63. The van der Waals surface area contributed by atoms with Crippen LogP contribution in [0.1, 0.15) is 32.4 Å². The molecule has 0 saturated carbocycles. The molecule has 1 aliphatic rings. The van der Waals surface area contributed by atoms with Crippen LogP contribution in [0.15, 0.2) is 24.3 Å². The van der Waals surface area contributed by atoms with Gasteiger partial charge in [0.2, 0.25) is 11.9 Å². The van der Waals surface area contributed by atoms with Crippen molar-refractivity contribution < 1.29 is 9.50 Å². The first-order valence-electron chi connectivity index (χ1n) is 10.7. The van der Waals surface area contributed by atoms with Crippen molar-refractivity contribution in [1.82, 2.24) is 29.5 Å². The van der Waals surface area contributed by atoms with Gasteiger partial charge in [0.1, 0.15) is 17.2 Å². The summed E-state index contributed by atoms with van der Waals surface area (Å²) in [5.74, 6) is 0.752. The van der Waals surface area contributed by atoms with Gasteiger partial charge in [-0.15, -0.1) is 0 Å². The van der Waals surface area contributed by atoms with Crippen molar-refractivity contribution in [3.8, 4) is 11.4 Å². The Labute approximate surface area is 184 Å². The molecule has 0 radical (unpaired) electrons. The average molecular weight is 436 g/mol. The Morgan fingerprint density at radius 1 is 1.06 bits per heavy atom. The van der Waals surface area contributed by atoms with Crippen molar-refractivity contribution in [2.45, 2.75) is 39.2 Å². The zero-order chi connectivity index (χ0) is 22.5. The largest absolute Gasteiger partial charge is 0.389 e. The number of anilines is 2. The summed E-state index contributed by atoms with van der Waals surface area (Å²) in [5.41, 5.74) is 2.59. The van der Waals surface area contributed by atoms with Crippen LogP contribution >= 0.6 is 0 Å². The number of halogens is 1. The first-order valence-corrected chi connectivity index (χ1v) is 10.7. The van der Waals surface area contributed by atoms with E-state index in [2.05, 4.69) is 30.3 Å². The van der Waals surface area contributed by atoms with Crippen LogP contribution in [0.4, 0.5) is 16.3 Å². The molecule has 3 aromatic heterocycles. The maximum Gasteiger partial charge on any atom is 0.230 e. The molecule has 4 aromatic rings. The quantitative estimate of drug-likeness (QED) is 0.492. The highest BCUT2D eigenvalue weighted by Crippen LogP contribution is 2.26. The van der Waals surface area contributed by atoms with E-state index in [9.17, 15) is 9.50 Å². The second-order valence-electron chi connectivity index (χ2n) is 8.80. The van der Waals surface area contributed by atoms with Gasteiger partial charge in [0.05, 0.1) is 22.3 Å². The van der Waals surface area contributed by atoms with Gasteiger partial charge in [-0.2, -0.15) is 19.6 Å². The molecule has 0 atom stereocenters. The maximum atomic E-state index is 13.7. The van der Waals surface area contributed by atoms with E-state index in [1.807, 2.05) is 13.0 Å². The highest BCUT2D eigenvalue weighted by molar-refractivity contribution is 5.78. The van der Waals surface area contributed by atoms with E-state index in [0.717, 1.165) is 25.9 Å². The van der Waals surface area contributed by atoms with Gasteiger partial charge in [-0.1, -0.05) is 0 Å². The van der Waals surface area contributed by atoms with Gasteiger partial charge in [-0.25, -0.2) is 14.4 Å². The summed E-state index contributed by atoms with van der Waals surface area (Å²) >= 11 is 0. The van der Waals surface area contributed by atoms with Gasteiger partial charge >= 0.3 is 0 Å². The Bertz CT molecular complexity index is 1310. The molecule has 1 saturated heterocycles. The van der Waals surface area contributed by atoms with E-state index in [1.54, 1.807) is 24.4 Å². The van der Waals surface area contributed by atoms with Crippen LogP contribution < -0.4 is 10.2 Å². The standard InChI is InChI=1S/C22H25FN8O/c1-13-19(26-16-10-14(23)6-7-15(16)25-13)17-11-18-27-21(30-8-4-5-9-30)28-20(31(18)29-17)24-12-22(2,3)32/h6-7,10-11,32H,4-5,8-9,12H2,1-3H3,(H,24,27,28). The molecule has 0 bridgehead atoms. The number of aromatic nitrogens is 6. The lowest BCUT2D eigenvalue weighted by atomic mass is 10.1. The van der Waals surface area contributed by atoms with E-state index >= 15 is 0 Å². The van der Waals surface area contributed by atoms with Gasteiger partial charge in [-0.3, -0.25) is 0 Å². The molecular formula is C22H25FN8O. The lowest BCUT2D eigenvalue weighted by Crippen LogP contribution is -2.31. The van der Waals surface area contributed by atoms with Gasteiger partial charge in [0.25, 0.3) is 0 Å². The third kappa shape index (κ3) is 3.93. The number of hydrogen-bond acceptors (Lipinski definition) is 8. The van der Waals surface area contributed by atoms with E-state index in [4.69, 9.17) is 4.98 Å². The normalized spacial score (nSPS) is 14.6. The van der Waals surface area contributed by atoms with Crippen molar-refractivity contribution in [3.05, 3.63) is 35.8 Å². The molecule has 10 heteroatoms. The molecular weight excluding hydrogens is 411 g/mol. The maximum absolute atomic E-state index is 13.7. The van der Waals surface area contributed by atoms with Crippen molar-refractivity contribution in [1.29, 1.82) is 0 Å². The summed E-state index contributed by atoms with van der Waals surface area (Å²) in [7, 11) is 0. The topological polar surface area (TPSA) is 104 Å². The first kappa shape index (κ1) is 20.5. The number of benzene rings is 1. The molecule has 1 aliphatic heterocycles. The van der Waals surface area contributed by atoms with Crippen molar-refractivity contribution in [2.24, 2.45) is 0 Å². The lowest BCUT2D eigenvalue weighted by molar-refractivity contribution is 0.0942. The Kier molecular flexibility index (Phi) is 4.89. The average Bonchev–Trinajstić information content (AvgIpc) is 3.41. The van der Waals surface area contributed by atoms with Crippen LogP contribution in [0.5, 0.6) is 0 Å². The number of nitrogens with one attached hydrogen (secondary N) is 1. The molecule has 9 nitrogen and oxygen atoms in total. The number of rotatable bonds is 5. The summed E-state index contributed by atoms with van der Waals surface area (Å²) in [6.07, 6.45) is 2.21. The SMILES string of the molecule is Cc1nc2ccc(F)cc2nc1-c1cc2nc(N3CCCC3)nc(NCC(C)(C)O)n2n1. The number of aliphatic hydroxyl groups is 1. The molecule has 0 spiro atoms. The molecule has 0 aliphatic carbocycles. The van der Waals surface area contributed by atoms with E-state index in [-0.39, 0.29) is 5.82 Å². The molecule has 4 heterocycles. The minimum atomic E-state index is -0.925. The monoisotopic (exact) mass is 436 g/mol. The molecule has 0 unspecified atom stereocenters. The summed E-state index contributed by atoms with van der Waals surface area (Å²) in [6.45, 7) is 7.40. The van der Waals surface area contributed by atoms with Crippen molar-refractivity contribution >= 4 is 28.6 Å². The van der Waals surface area contributed by atoms with Gasteiger partial charge in [0.15, 0.2) is 5.65 Å². The lowest BCUT2D eigenvalue weighted by Gasteiger charge is -2.20. The van der Waals surface area contributed by atoms with E-state index in [0.29, 0.717) is 52.2 Å². The second kappa shape index (κ2) is 7.63. The number of nitrogens with zero attached hydrogens (tertiary/aromatic N) is 7. The smallest absolute Gasteiger partial charge is 0.230 e. The Morgan fingerprint density at radius 2 is 1.84 bits per heavy atom. The molecule has 0 amide bonds. The molecule has 1 aromatic carbocycles. The molecule has 2 N–H and O–H groups in total. The summed E-state index contributed by atoms with van der Waals surface area (Å²) in [6, 6.07) is 6.18. The summed E-state index contributed by atoms with van der Waals surface area (Å²) in [4.78, 5) is 20.7. The fourth-order valence-corrected chi connectivity index (χ4v) is 3.82. The molecule has 5 rings (SSSR count). The zero-order valence-electron chi connectivity index (χ0n) is 18.3. The zero-order valence-corrected chi connectivity index (χ0v) is 18.3. The summed E-state index contributed by atoms with van der Waals surface area (Å²) < 4.78 is 15.3. The minimum absolute atomic E-state index is 0.293. The van der Waals surface area contributed by atoms with Gasteiger partial charge in [0, 0.05) is 31.8 Å². The molecule has 1 fully saturated rings. The highest BCUT2D eigenvalue weighted by atomic mass is 19.1. The van der Waals surface area contributed by atoms with Gasteiger partial charge in [-0.05, 0) is 45.7 Å². The minimum Gasteiger partial charge on any atom is -0.389 e. The summed E-state index contributed by atoms with van der Waals surface area (Å²) in [5, 5.41) is 18.0. The predicted molar refractivity (Wildman–Crippen MR) is 120 cm³/mol. The third-order valence-corrected chi connectivity index (χ3v) is 5.42. The van der Waals surface area contributed by atoms with Crippen LogP contribution in [0, 0.1) is 12.7 Å². The number of hydrogen-bond donors (Lipinski definition) is 2. The van der Waals surface area contributed by atoms with E-state index < -0.39 is 5.60 Å². The number of fused-ring (bicyclic) bond motifs is 2. The fraction of sp³-hybridized carbons (Fsp3) is 0.409. The highest BCUT2D eigenvalue weighted by Gasteiger charge is 2.21. The molecule has 32 heavy (non-hydrogen) atoms. The van der Waals surface area contributed by atoms with Crippen molar-refractivity contribution in [2.75, 3.05) is 29.9 Å². The predicted octanol–water partition coefficient (Wildman–Crippen LogP) is 2.97. The Morgan fingerprint density at radius 3 is 2.59 bits per heavy atom. The third-order valence-electron chi connectivity index (χ3n) is 5.42. The second-order valence-corrected chi connectivity index (χ2v) is 8.80. The Hall–Kier alpha value is -3.40. The number of aryl methyl sites for hydroxylation is 1. The fourth-order valence-electron chi connectivity index (χ4n) is 3.82. The van der Waals surface area contributed by atoms with Crippen LogP contribution in [-0.4, -0.2) is 59.9 Å². The van der Waals surface area contributed by atoms with Crippen LogP contribution in [-0.2, 0) is 0 Å². The first-order chi connectivity index (χ1) is 15.3. The molecule has 166 valence electrons. The van der Waals surface area contributed by atoms with E-state index in [1.165, 1.54) is 12.1 Å². The van der Waals surface area contributed by atoms with Crippen molar-refractivity contribution in [3.63, 3.8) is 0 Å². The van der Waals surface area contributed by atoms with Crippen LogP contribution in [0.3, 0.4) is 0 Å². The van der Waals surface area contributed by atoms with Crippen LogP contribution in [0.25, 0.3) is 28.1 Å².